The average Bonchev–Trinajstić information content (AvgIpc) is 2.38. The summed E-state index contributed by atoms with van der Waals surface area (Å²) in [7, 11) is 0. The van der Waals surface area contributed by atoms with E-state index in [4.69, 9.17) is 17.3 Å². The average molecular weight is 370 g/mol. The highest BCUT2D eigenvalue weighted by atomic mass is 79.9. The lowest BCUT2D eigenvalue weighted by molar-refractivity contribution is 0.546. The van der Waals surface area contributed by atoms with Crippen molar-refractivity contribution in [3.05, 3.63) is 39.1 Å². The molecule has 1 aromatic heterocycles. The fourth-order valence-electron chi connectivity index (χ4n) is 1.70. The quantitative estimate of drug-likeness (QED) is 0.796. The van der Waals surface area contributed by atoms with Gasteiger partial charge in [0.2, 0.25) is 0 Å². The predicted molar refractivity (Wildman–Crippen MR) is 92.3 cm³/mol. The van der Waals surface area contributed by atoms with Crippen LogP contribution < -0.4 is 11.1 Å². The van der Waals surface area contributed by atoms with Crippen LogP contribution in [0.2, 0.25) is 5.02 Å². The molecule has 0 spiro atoms. The Balaban J connectivity index is 2.43. The van der Waals surface area contributed by atoms with Crippen LogP contribution in [0.3, 0.4) is 0 Å². The Morgan fingerprint density at radius 1 is 1.24 bits per heavy atom. The lowest BCUT2D eigenvalue weighted by Gasteiger charge is -2.20. The normalized spacial score (nSPS) is 11.5. The van der Waals surface area contributed by atoms with E-state index in [0.29, 0.717) is 22.5 Å². The molecule has 4 nitrogen and oxygen atoms in total. The van der Waals surface area contributed by atoms with Crippen molar-refractivity contribution in [3.8, 4) is 0 Å². The standard InChI is InChI=1S/C15H18BrClN4/c1-8-12(18)20-14(15(2,3)4)21-13(8)19-9-5-6-10(16)11(17)7-9/h5-7H,1-4H3,(H3,18,19,20,21). The van der Waals surface area contributed by atoms with Crippen molar-refractivity contribution in [1.29, 1.82) is 0 Å². The molecule has 0 amide bonds. The number of hydrogen-bond acceptors (Lipinski definition) is 4. The molecule has 6 heteroatoms. The maximum Gasteiger partial charge on any atom is 0.139 e. The van der Waals surface area contributed by atoms with Crippen LogP contribution in [0.15, 0.2) is 22.7 Å². The number of anilines is 3. The van der Waals surface area contributed by atoms with Crippen LogP contribution in [-0.2, 0) is 5.41 Å². The minimum atomic E-state index is -0.171. The van der Waals surface area contributed by atoms with Crippen LogP contribution in [0.1, 0.15) is 32.2 Å². The van der Waals surface area contributed by atoms with E-state index in [2.05, 4.69) is 52.0 Å². The molecular formula is C15H18BrClN4. The number of nitrogens with two attached hydrogens (primary N) is 1. The molecule has 112 valence electrons. The first-order valence-corrected chi connectivity index (χ1v) is 7.72. The van der Waals surface area contributed by atoms with E-state index in [-0.39, 0.29) is 5.41 Å². The molecule has 0 radical (unpaired) electrons. The van der Waals surface area contributed by atoms with E-state index in [1.807, 2.05) is 25.1 Å². The van der Waals surface area contributed by atoms with Gasteiger partial charge in [0, 0.05) is 21.1 Å². The molecule has 0 aliphatic carbocycles. The summed E-state index contributed by atoms with van der Waals surface area (Å²) in [4.78, 5) is 8.97. The molecule has 0 saturated carbocycles. The number of aromatic nitrogens is 2. The second-order valence-electron chi connectivity index (χ2n) is 5.91. The highest BCUT2D eigenvalue weighted by Gasteiger charge is 2.20. The fourth-order valence-corrected chi connectivity index (χ4v) is 2.13. The van der Waals surface area contributed by atoms with Gasteiger partial charge in [0.15, 0.2) is 0 Å². The van der Waals surface area contributed by atoms with Crippen LogP contribution in [-0.4, -0.2) is 9.97 Å². The SMILES string of the molecule is Cc1c(N)nc(C(C)(C)C)nc1Nc1ccc(Br)c(Cl)c1. The third-order valence-corrected chi connectivity index (χ3v) is 4.27. The lowest BCUT2D eigenvalue weighted by Crippen LogP contribution is -2.18. The zero-order chi connectivity index (χ0) is 15.8. The van der Waals surface area contributed by atoms with E-state index >= 15 is 0 Å². The molecule has 0 bridgehead atoms. The highest BCUT2D eigenvalue weighted by Crippen LogP contribution is 2.30. The van der Waals surface area contributed by atoms with Crippen molar-refractivity contribution in [2.75, 3.05) is 11.1 Å². The molecule has 1 heterocycles. The zero-order valence-corrected chi connectivity index (χ0v) is 14.8. The van der Waals surface area contributed by atoms with Crippen LogP contribution in [0, 0.1) is 6.92 Å². The van der Waals surface area contributed by atoms with Crippen molar-refractivity contribution < 1.29 is 0 Å². The van der Waals surface area contributed by atoms with E-state index in [1.165, 1.54) is 0 Å². The maximum atomic E-state index is 6.11. The minimum absolute atomic E-state index is 0.171. The van der Waals surface area contributed by atoms with Gasteiger partial charge in [0.1, 0.15) is 17.5 Å². The molecule has 21 heavy (non-hydrogen) atoms. The molecule has 0 unspecified atom stereocenters. The molecule has 0 fully saturated rings. The number of nitrogens with one attached hydrogen (secondary N) is 1. The number of nitrogen functional groups attached to an aromatic ring is 1. The summed E-state index contributed by atoms with van der Waals surface area (Å²) in [6.45, 7) is 8.05. The van der Waals surface area contributed by atoms with Crippen molar-refractivity contribution in [3.63, 3.8) is 0 Å². The Morgan fingerprint density at radius 3 is 2.48 bits per heavy atom. The number of rotatable bonds is 2. The molecule has 2 aromatic rings. The summed E-state index contributed by atoms with van der Waals surface area (Å²) in [6.07, 6.45) is 0. The zero-order valence-electron chi connectivity index (χ0n) is 12.5. The summed E-state index contributed by atoms with van der Waals surface area (Å²) < 4.78 is 0.851. The summed E-state index contributed by atoms with van der Waals surface area (Å²) in [5, 5.41) is 3.89. The Hall–Kier alpha value is -1.33. The van der Waals surface area contributed by atoms with Gasteiger partial charge >= 0.3 is 0 Å². The van der Waals surface area contributed by atoms with Crippen molar-refractivity contribution in [1.82, 2.24) is 9.97 Å². The van der Waals surface area contributed by atoms with Gasteiger partial charge in [-0.25, -0.2) is 9.97 Å². The third-order valence-electron chi connectivity index (χ3n) is 3.04. The monoisotopic (exact) mass is 368 g/mol. The smallest absolute Gasteiger partial charge is 0.139 e. The van der Waals surface area contributed by atoms with Crippen LogP contribution in [0.25, 0.3) is 0 Å². The first-order chi connectivity index (χ1) is 9.68. The van der Waals surface area contributed by atoms with Crippen LogP contribution >= 0.6 is 27.5 Å². The largest absolute Gasteiger partial charge is 0.383 e. The van der Waals surface area contributed by atoms with Crippen molar-refractivity contribution >= 4 is 44.9 Å². The van der Waals surface area contributed by atoms with Gasteiger partial charge in [-0.2, -0.15) is 0 Å². The van der Waals surface area contributed by atoms with Gasteiger partial charge in [-0.05, 0) is 41.1 Å². The molecule has 0 saturated heterocycles. The first kappa shape index (κ1) is 16.0. The van der Waals surface area contributed by atoms with Crippen LogP contribution in [0.4, 0.5) is 17.3 Å². The Morgan fingerprint density at radius 2 is 1.90 bits per heavy atom. The molecule has 0 aliphatic heterocycles. The van der Waals surface area contributed by atoms with Crippen LogP contribution in [0.5, 0.6) is 0 Å². The summed E-state index contributed by atoms with van der Waals surface area (Å²) in [5.74, 6) is 1.89. The maximum absolute atomic E-state index is 6.11. The second-order valence-corrected chi connectivity index (χ2v) is 7.17. The molecule has 1 aromatic carbocycles. The number of hydrogen-bond donors (Lipinski definition) is 2. The molecule has 0 aliphatic rings. The third kappa shape index (κ3) is 3.66. The number of halogens is 2. The molecule has 2 rings (SSSR count). The van der Waals surface area contributed by atoms with Gasteiger partial charge in [-0.3, -0.25) is 0 Å². The Bertz CT molecular complexity index is 680. The van der Waals surface area contributed by atoms with Crippen molar-refractivity contribution in [2.24, 2.45) is 0 Å². The summed E-state index contributed by atoms with van der Waals surface area (Å²) in [5.41, 5.74) is 7.50. The topological polar surface area (TPSA) is 63.8 Å². The van der Waals surface area contributed by atoms with Gasteiger partial charge in [0.25, 0.3) is 0 Å². The Kier molecular flexibility index (Phi) is 4.44. The summed E-state index contributed by atoms with van der Waals surface area (Å²) >= 11 is 9.48. The van der Waals surface area contributed by atoms with E-state index in [1.54, 1.807) is 0 Å². The number of benzene rings is 1. The minimum Gasteiger partial charge on any atom is -0.383 e. The second kappa shape index (κ2) is 5.81. The van der Waals surface area contributed by atoms with E-state index < -0.39 is 0 Å². The van der Waals surface area contributed by atoms with E-state index in [0.717, 1.165) is 15.7 Å². The predicted octanol–water partition coefficient (Wildman–Crippen LogP) is 4.82. The van der Waals surface area contributed by atoms with Gasteiger partial charge in [-0.1, -0.05) is 32.4 Å². The molecule has 0 atom stereocenters. The van der Waals surface area contributed by atoms with Gasteiger partial charge < -0.3 is 11.1 Å². The molecular weight excluding hydrogens is 352 g/mol. The Labute approximate surface area is 138 Å². The van der Waals surface area contributed by atoms with Crippen molar-refractivity contribution in [2.45, 2.75) is 33.1 Å². The number of nitrogens with zero attached hydrogens (tertiary/aromatic N) is 2. The molecule has 3 N–H and O–H groups in total. The fraction of sp³-hybridized carbons (Fsp3) is 0.333. The lowest BCUT2D eigenvalue weighted by atomic mass is 9.95. The highest BCUT2D eigenvalue weighted by molar-refractivity contribution is 9.10. The first-order valence-electron chi connectivity index (χ1n) is 6.55. The van der Waals surface area contributed by atoms with Gasteiger partial charge in [-0.15, -0.1) is 0 Å². The van der Waals surface area contributed by atoms with E-state index in [9.17, 15) is 0 Å². The summed E-state index contributed by atoms with van der Waals surface area (Å²) in [6, 6.07) is 5.64. The van der Waals surface area contributed by atoms with Gasteiger partial charge in [0.05, 0.1) is 5.02 Å².